The van der Waals surface area contributed by atoms with E-state index in [1.807, 2.05) is 6.79 Å². The zero-order valence-corrected chi connectivity index (χ0v) is 17.1. The number of tetrazole rings is 1. The average molecular weight is 407 g/mol. The van der Waals surface area contributed by atoms with Crippen molar-refractivity contribution < 1.29 is 23.9 Å². The SMILES string of the molecule is C=O.COC(=O)C1(Cc2nn[nH]n2)CCCC1.[C-]#[N+]CC1(C(=O)OC)CCCC1. The summed E-state index contributed by atoms with van der Waals surface area (Å²) < 4.78 is 9.57. The molecule has 0 saturated heterocycles. The molecule has 2 saturated carbocycles. The lowest BCUT2D eigenvalue weighted by Crippen LogP contribution is -2.32. The maximum atomic E-state index is 11.8. The van der Waals surface area contributed by atoms with E-state index in [0.29, 0.717) is 18.8 Å². The van der Waals surface area contributed by atoms with Gasteiger partial charge < -0.3 is 19.1 Å². The normalized spacial score (nSPS) is 18.2. The van der Waals surface area contributed by atoms with Gasteiger partial charge in [-0.05, 0) is 25.7 Å². The van der Waals surface area contributed by atoms with E-state index in [0.717, 1.165) is 51.4 Å². The van der Waals surface area contributed by atoms with Crippen LogP contribution in [-0.2, 0) is 30.3 Å². The van der Waals surface area contributed by atoms with Gasteiger partial charge in [0.1, 0.15) is 12.2 Å². The smallest absolute Gasteiger partial charge is 0.319 e. The lowest BCUT2D eigenvalue weighted by Gasteiger charge is -2.23. The molecule has 10 nitrogen and oxygen atoms in total. The predicted octanol–water partition coefficient (Wildman–Crippen LogP) is 1.93. The Bertz CT molecular complexity index is 674. The number of aromatic amines is 1. The molecule has 0 bridgehead atoms. The van der Waals surface area contributed by atoms with Crippen LogP contribution in [0.15, 0.2) is 0 Å². The Hall–Kier alpha value is -2.83. The molecule has 10 heteroatoms. The van der Waals surface area contributed by atoms with Crippen LogP contribution >= 0.6 is 0 Å². The van der Waals surface area contributed by atoms with E-state index >= 15 is 0 Å². The van der Waals surface area contributed by atoms with Crippen molar-refractivity contribution in [2.75, 3.05) is 20.8 Å². The van der Waals surface area contributed by atoms with Gasteiger partial charge >= 0.3 is 11.9 Å². The van der Waals surface area contributed by atoms with Gasteiger partial charge in [0.05, 0.1) is 19.6 Å². The number of carbonyl (C=O) groups is 3. The lowest BCUT2D eigenvalue weighted by molar-refractivity contribution is -0.153. The molecule has 2 fully saturated rings. The number of H-pyrrole nitrogens is 1. The van der Waals surface area contributed by atoms with Gasteiger partial charge in [-0.3, -0.25) is 9.59 Å². The van der Waals surface area contributed by atoms with Crippen molar-refractivity contribution in [1.82, 2.24) is 20.6 Å². The summed E-state index contributed by atoms with van der Waals surface area (Å²) in [7, 11) is 2.82. The Balaban J connectivity index is 0.000000273. The van der Waals surface area contributed by atoms with Crippen LogP contribution in [-0.4, -0.2) is 60.1 Å². The minimum atomic E-state index is -0.462. The standard InChI is InChI=1S/C9H14N4O2.C9H13NO2.CH2O/c1-15-8(14)9(4-2-3-5-9)6-7-10-12-13-11-7;1-10-7-9(8(11)12-2)5-3-4-6-9;1-2/h2-6H2,1H3,(H,10,11,12,13);3-7H2,2H3;1H2. The number of hydrogen-bond acceptors (Lipinski definition) is 8. The zero-order valence-electron chi connectivity index (χ0n) is 17.1. The maximum absolute atomic E-state index is 11.8. The molecule has 0 spiro atoms. The third kappa shape index (κ3) is 6.07. The summed E-state index contributed by atoms with van der Waals surface area (Å²) >= 11 is 0. The molecule has 1 aromatic heterocycles. The number of carbonyl (C=O) groups excluding carboxylic acids is 3. The highest BCUT2D eigenvalue weighted by Gasteiger charge is 2.45. The van der Waals surface area contributed by atoms with Gasteiger partial charge in [-0.1, -0.05) is 30.9 Å². The fourth-order valence-electron chi connectivity index (χ4n) is 4.13. The summed E-state index contributed by atoms with van der Waals surface area (Å²) in [4.78, 5) is 34.4. The molecule has 1 heterocycles. The molecule has 29 heavy (non-hydrogen) atoms. The summed E-state index contributed by atoms with van der Waals surface area (Å²) in [5.41, 5.74) is -0.880. The molecule has 1 N–H and O–H groups in total. The second-order valence-corrected chi connectivity index (χ2v) is 7.28. The van der Waals surface area contributed by atoms with Crippen LogP contribution in [0.5, 0.6) is 0 Å². The van der Waals surface area contributed by atoms with Crippen LogP contribution < -0.4 is 0 Å². The fraction of sp³-hybridized carbons (Fsp3) is 0.737. The Labute approximate surface area is 170 Å². The Morgan fingerprint density at radius 2 is 1.52 bits per heavy atom. The van der Waals surface area contributed by atoms with Crippen LogP contribution in [0.25, 0.3) is 4.85 Å². The number of ether oxygens (including phenoxy) is 2. The van der Waals surface area contributed by atoms with Gasteiger partial charge in [0.25, 0.3) is 0 Å². The van der Waals surface area contributed by atoms with Gasteiger partial charge in [-0.25, -0.2) is 6.57 Å². The van der Waals surface area contributed by atoms with Crippen LogP contribution in [0.3, 0.4) is 0 Å². The summed E-state index contributed by atoms with van der Waals surface area (Å²) in [5, 5.41) is 13.7. The largest absolute Gasteiger partial charge is 0.469 e. The van der Waals surface area contributed by atoms with Crippen molar-refractivity contribution >= 4 is 18.7 Å². The Kier molecular flexibility index (Phi) is 9.92. The van der Waals surface area contributed by atoms with Gasteiger partial charge in [0, 0.05) is 6.42 Å². The lowest BCUT2D eigenvalue weighted by atomic mass is 9.82. The highest BCUT2D eigenvalue weighted by atomic mass is 16.5. The molecule has 0 radical (unpaired) electrons. The molecular weight excluding hydrogens is 378 g/mol. The Morgan fingerprint density at radius 1 is 1.03 bits per heavy atom. The first-order valence-electron chi connectivity index (χ1n) is 9.53. The number of aromatic nitrogens is 4. The van der Waals surface area contributed by atoms with E-state index in [9.17, 15) is 9.59 Å². The molecule has 160 valence electrons. The Morgan fingerprint density at radius 3 is 1.93 bits per heavy atom. The minimum absolute atomic E-state index is 0.148. The first-order valence-corrected chi connectivity index (χ1v) is 9.53. The highest BCUT2D eigenvalue weighted by molar-refractivity contribution is 5.78. The number of nitrogens with zero attached hydrogens (tertiary/aromatic N) is 4. The number of hydrogen-bond donors (Lipinski definition) is 1. The summed E-state index contributed by atoms with van der Waals surface area (Å²) in [6.45, 7) is 9.07. The summed E-state index contributed by atoms with van der Waals surface area (Å²) in [6, 6.07) is 0. The van der Waals surface area contributed by atoms with E-state index in [1.54, 1.807) is 0 Å². The minimum Gasteiger partial charge on any atom is -0.469 e. The molecule has 2 aliphatic carbocycles. The van der Waals surface area contributed by atoms with E-state index in [1.165, 1.54) is 14.2 Å². The number of rotatable bonds is 5. The molecule has 0 aromatic carbocycles. The van der Waals surface area contributed by atoms with Crippen molar-refractivity contribution in [1.29, 1.82) is 0 Å². The third-order valence-electron chi connectivity index (χ3n) is 5.63. The fourth-order valence-corrected chi connectivity index (χ4v) is 4.13. The van der Waals surface area contributed by atoms with Gasteiger partial charge in [-0.2, -0.15) is 5.21 Å². The second-order valence-electron chi connectivity index (χ2n) is 7.28. The molecule has 0 unspecified atom stereocenters. The molecule has 0 aliphatic heterocycles. The van der Waals surface area contributed by atoms with Gasteiger partial charge in [0.15, 0.2) is 5.82 Å². The summed E-state index contributed by atoms with van der Waals surface area (Å²) in [5.74, 6) is 0.239. The third-order valence-corrected chi connectivity index (χ3v) is 5.63. The zero-order chi connectivity index (χ0) is 21.8. The topological polar surface area (TPSA) is 128 Å². The first kappa shape index (κ1) is 24.2. The highest BCUT2D eigenvalue weighted by Crippen LogP contribution is 2.41. The molecule has 3 rings (SSSR count). The van der Waals surface area contributed by atoms with Crippen molar-refractivity contribution in [3.05, 3.63) is 17.2 Å². The van der Waals surface area contributed by atoms with Crippen LogP contribution in [0, 0.1) is 17.4 Å². The monoisotopic (exact) mass is 407 g/mol. The van der Waals surface area contributed by atoms with E-state index in [2.05, 4.69) is 25.5 Å². The van der Waals surface area contributed by atoms with E-state index in [-0.39, 0.29) is 11.9 Å². The van der Waals surface area contributed by atoms with Crippen molar-refractivity contribution in [2.24, 2.45) is 10.8 Å². The number of nitrogens with one attached hydrogen (secondary N) is 1. The van der Waals surface area contributed by atoms with E-state index in [4.69, 9.17) is 20.8 Å². The number of esters is 2. The predicted molar refractivity (Wildman–Crippen MR) is 102 cm³/mol. The van der Waals surface area contributed by atoms with Gasteiger partial charge in [0.2, 0.25) is 6.54 Å². The van der Waals surface area contributed by atoms with Crippen LogP contribution in [0.2, 0.25) is 0 Å². The number of methoxy groups -OCH3 is 2. The quantitative estimate of drug-likeness (QED) is 0.579. The maximum Gasteiger partial charge on any atom is 0.319 e. The van der Waals surface area contributed by atoms with Crippen LogP contribution in [0.4, 0.5) is 0 Å². The van der Waals surface area contributed by atoms with Gasteiger partial charge in [-0.15, -0.1) is 10.2 Å². The van der Waals surface area contributed by atoms with Crippen molar-refractivity contribution in [2.45, 2.75) is 57.8 Å². The van der Waals surface area contributed by atoms with Crippen molar-refractivity contribution in [3.63, 3.8) is 0 Å². The average Bonchev–Trinajstić information content (AvgIpc) is 3.52. The van der Waals surface area contributed by atoms with E-state index < -0.39 is 10.8 Å². The molecular formula is C19H29N5O5. The second kappa shape index (κ2) is 11.9. The molecule has 2 aliphatic rings. The molecule has 1 aromatic rings. The molecule has 0 atom stereocenters. The van der Waals surface area contributed by atoms with Crippen LogP contribution in [0.1, 0.15) is 57.2 Å². The summed E-state index contributed by atoms with van der Waals surface area (Å²) in [6.07, 6.45) is 8.10. The molecule has 0 amide bonds. The van der Waals surface area contributed by atoms with Crippen molar-refractivity contribution in [3.8, 4) is 0 Å². The first-order chi connectivity index (χ1) is 14.0.